The van der Waals surface area contributed by atoms with Crippen molar-refractivity contribution in [2.75, 3.05) is 25.6 Å². The Kier molecular flexibility index (Phi) is 4.34. The average Bonchev–Trinajstić information content (AvgIpc) is 2.60. The molecule has 0 saturated carbocycles. The first-order chi connectivity index (χ1) is 12.6. The fourth-order valence-corrected chi connectivity index (χ4v) is 3.22. The summed E-state index contributed by atoms with van der Waals surface area (Å²) in [5.41, 5.74) is 4.19. The standard InChI is InChI=1S/C20H21N3O3/c1-12-4-13(2)6-14(5-12)23-20-16-7-19-18(8-17(16)21-11-22-20)25-10-15(26-19)9-24-3/h4-8,11,15H,9-10H2,1-3H3,(H,21,22,23). The maximum absolute atomic E-state index is 5.99. The van der Waals surface area contributed by atoms with Gasteiger partial charge >= 0.3 is 0 Å². The van der Waals surface area contributed by atoms with Crippen molar-refractivity contribution in [2.45, 2.75) is 20.0 Å². The van der Waals surface area contributed by atoms with Gasteiger partial charge in [-0.05, 0) is 43.2 Å². The summed E-state index contributed by atoms with van der Waals surface area (Å²) in [4.78, 5) is 8.79. The maximum Gasteiger partial charge on any atom is 0.163 e. The lowest BCUT2D eigenvalue weighted by atomic mass is 10.1. The fourth-order valence-electron chi connectivity index (χ4n) is 3.22. The minimum absolute atomic E-state index is 0.120. The number of nitrogens with zero attached hydrogens (tertiary/aromatic N) is 2. The Hall–Kier alpha value is -2.86. The number of ether oxygens (including phenoxy) is 3. The summed E-state index contributed by atoms with van der Waals surface area (Å²) in [6, 6.07) is 10.1. The molecule has 2 aromatic carbocycles. The lowest BCUT2D eigenvalue weighted by Gasteiger charge is -2.26. The molecule has 1 N–H and O–H groups in total. The van der Waals surface area contributed by atoms with Crippen molar-refractivity contribution in [3.63, 3.8) is 0 Å². The topological polar surface area (TPSA) is 65.5 Å². The molecule has 0 radical (unpaired) electrons. The largest absolute Gasteiger partial charge is 0.486 e. The molecule has 0 bridgehead atoms. The zero-order valence-electron chi connectivity index (χ0n) is 15.1. The molecule has 3 aromatic rings. The van der Waals surface area contributed by atoms with Gasteiger partial charge in [0.05, 0.1) is 12.1 Å². The molecule has 26 heavy (non-hydrogen) atoms. The van der Waals surface area contributed by atoms with Crippen LogP contribution in [0.4, 0.5) is 11.5 Å². The van der Waals surface area contributed by atoms with Gasteiger partial charge in [0.15, 0.2) is 17.6 Å². The van der Waals surface area contributed by atoms with Gasteiger partial charge in [-0.2, -0.15) is 0 Å². The minimum atomic E-state index is -0.120. The minimum Gasteiger partial charge on any atom is -0.486 e. The maximum atomic E-state index is 5.99. The van der Waals surface area contributed by atoms with E-state index in [-0.39, 0.29) is 6.10 Å². The third-order valence-corrected chi connectivity index (χ3v) is 4.26. The molecule has 6 nitrogen and oxygen atoms in total. The zero-order valence-corrected chi connectivity index (χ0v) is 15.1. The number of benzene rings is 2. The van der Waals surface area contributed by atoms with Crippen LogP contribution in [-0.2, 0) is 4.74 Å². The molecule has 0 aliphatic carbocycles. The van der Waals surface area contributed by atoms with Crippen LogP contribution in [0.15, 0.2) is 36.7 Å². The van der Waals surface area contributed by atoms with Crippen LogP contribution in [0, 0.1) is 13.8 Å². The van der Waals surface area contributed by atoms with E-state index in [1.807, 2.05) is 12.1 Å². The number of hydrogen-bond donors (Lipinski definition) is 1. The Balaban J connectivity index is 1.72. The molecule has 134 valence electrons. The summed E-state index contributed by atoms with van der Waals surface area (Å²) in [6.45, 7) is 5.10. The van der Waals surface area contributed by atoms with E-state index in [2.05, 4.69) is 47.3 Å². The van der Waals surface area contributed by atoms with E-state index >= 15 is 0 Å². The normalized spacial score (nSPS) is 15.9. The van der Waals surface area contributed by atoms with Crippen molar-refractivity contribution >= 4 is 22.4 Å². The number of fused-ring (bicyclic) bond motifs is 2. The highest BCUT2D eigenvalue weighted by Crippen LogP contribution is 2.37. The molecule has 0 spiro atoms. The monoisotopic (exact) mass is 351 g/mol. The van der Waals surface area contributed by atoms with Crippen LogP contribution in [0.2, 0.25) is 0 Å². The molecule has 6 heteroatoms. The van der Waals surface area contributed by atoms with Crippen molar-refractivity contribution in [2.24, 2.45) is 0 Å². The van der Waals surface area contributed by atoms with Crippen LogP contribution < -0.4 is 14.8 Å². The predicted molar refractivity (Wildman–Crippen MR) is 101 cm³/mol. The van der Waals surface area contributed by atoms with Crippen LogP contribution in [0.3, 0.4) is 0 Å². The first kappa shape index (κ1) is 16.6. The molecule has 1 atom stereocenters. The van der Waals surface area contributed by atoms with E-state index in [0.717, 1.165) is 22.4 Å². The highest BCUT2D eigenvalue weighted by atomic mass is 16.6. The first-order valence-electron chi connectivity index (χ1n) is 8.55. The van der Waals surface area contributed by atoms with Gasteiger partial charge in [0.1, 0.15) is 18.8 Å². The molecular formula is C20H21N3O3. The molecule has 1 aliphatic rings. The van der Waals surface area contributed by atoms with E-state index in [0.29, 0.717) is 24.7 Å². The fraction of sp³-hybridized carbons (Fsp3) is 0.300. The number of nitrogens with one attached hydrogen (secondary N) is 1. The van der Waals surface area contributed by atoms with E-state index in [4.69, 9.17) is 14.2 Å². The highest BCUT2D eigenvalue weighted by molar-refractivity contribution is 5.93. The zero-order chi connectivity index (χ0) is 18.1. The highest BCUT2D eigenvalue weighted by Gasteiger charge is 2.22. The average molecular weight is 351 g/mol. The van der Waals surface area contributed by atoms with Crippen LogP contribution in [0.25, 0.3) is 10.9 Å². The van der Waals surface area contributed by atoms with Crippen molar-refractivity contribution in [1.29, 1.82) is 0 Å². The third-order valence-electron chi connectivity index (χ3n) is 4.26. The van der Waals surface area contributed by atoms with Crippen molar-refractivity contribution in [1.82, 2.24) is 9.97 Å². The number of rotatable bonds is 4. The number of aryl methyl sites for hydroxylation is 2. The Morgan fingerprint density at radius 2 is 1.88 bits per heavy atom. The molecule has 2 heterocycles. The van der Waals surface area contributed by atoms with Gasteiger partial charge < -0.3 is 19.5 Å². The van der Waals surface area contributed by atoms with E-state index in [9.17, 15) is 0 Å². The van der Waals surface area contributed by atoms with Crippen molar-refractivity contribution < 1.29 is 14.2 Å². The number of methoxy groups -OCH3 is 1. The number of anilines is 2. The predicted octanol–water partition coefficient (Wildman–Crippen LogP) is 3.78. The van der Waals surface area contributed by atoms with Crippen molar-refractivity contribution in [3.8, 4) is 11.5 Å². The third kappa shape index (κ3) is 3.28. The van der Waals surface area contributed by atoms with Crippen LogP contribution in [0.1, 0.15) is 11.1 Å². The lowest BCUT2D eigenvalue weighted by Crippen LogP contribution is -2.32. The molecule has 0 fully saturated rings. The molecule has 0 amide bonds. The number of hydrogen-bond acceptors (Lipinski definition) is 6. The van der Waals surface area contributed by atoms with Gasteiger partial charge in [0.25, 0.3) is 0 Å². The summed E-state index contributed by atoms with van der Waals surface area (Å²) >= 11 is 0. The van der Waals surface area contributed by atoms with Crippen molar-refractivity contribution in [3.05, 3.63) is 47.8 Å². The van der Waals surface area contributed by atoms with Gasteiger partial charge in [-0.3, -0.25) is 0 Å². The van der Waals surface area contributed by atoms with E-state index in [1.54, 1.807) is 13.4 Å². The molecule has 4 rings (SSSR count). The van der Waals surface area contributed by atoms with Gasteiger partial charge in [0.2, 0.25) is 0 Å². The molecule has 1 aromatic heterocycles. The Labute approximate surface area is 152 Å². The smallest absolute Gasteiger partial charge is 0.163 e. The molecule has 0 saturated heterocycles. The Morgan fingerprint density at radius 1 is 1.08 bits per heavy atom. The van der Waals surface area contributed by atoms with Gasteiger partial charge in [-0.25, -0.2) is 9.97 Å². The summed E-state index contributed by atoms with van der Waals surface area (Å²) in [7, 11) is 1.65. The molecular weight excluding hydrogens is 330 g/mol. The Morgan fingerprint density at radius 3 is 2.65 bits per heavy atom. The lowest BCUT2D eigenvalue weighted by molar-refractivity contribution is 0.0274. The van der Waals surface area contributed by atoms with E-state index < -0.39 is 0 Å². The van der Waals surface area contributed by atoms with Crippen LogP contribution >= 0.6 is 0 Å². The molecule has 1 aliphatic heterocycles. The van der Waals surface area contributed by atoms with Gasteiger partial charge in [0, 0.05) is 24.2 Å². The summed E-state index contributed by atoms with van der Waals surface area (Å²) in [5.74, 6) is 2.12. The first-order valence-corrected chi connectivity index (χ1v) is 8.55. The quantitative estimate of drug-likeness (QED) is 0.772. The second-order valence-corrected chi connectivity index (χ2v) is 6.55. The van der Waals surface area contributed by atoms with Crippen LogP contribution in [0.5, 0.6) is 11.5 Å². The molecule has 1 unspecified atom stereocenters. The summed E-state index contributed by atoms with van der Waals surface area (Å²) < 4.78 is 17.0. The van der Waals surface area contributed by atoms with Crippen LogP contribution in [-0.4, -0.2) is 36.4 Å². The van der Waals surface area contributed by atoms with E-state index in [1.165, 1.54) is 11.1 Å². The Bertz CT molecular complexity index is 938. The second-order valence-electron chi connectivity index (χ2n) is 6.55. The SMILES string of the molecule is COCC1COc2cc3ncnc(Nc4cc(C)cc(C)c4)c3cc2O1. The van der Waals surface area contributed by atoms with Gasteiger partial charge in [-0.15, -0.1) is 0 Å². The summed E-state index contributed by atoms with van der Waals surface area (Å²) in [6.07, 6.45) is 1.43. The number of aromatic nitrogens is 2. The summed E-state index contributed by atoms with van der Waals surface area (Å²) in [5, 5.41) is 4.28. The second kappa shape index (κ2) is 6.80. The van der Waals surface area contributed by atoms with Gasteiger partial charge in [-0.1, -0.05) is 6.07 Å².